The van der Waals surface area contributed by atoms with Gasteiger partial charge in [0.05, 0.1) is 12.7 Å². The first-order valence-electron chi connectivity index (χ1n) is 15.0. The molecule has 1 saturated carbocycles. The Morgan fingerprint density at radius 2 is 1.63 bits per heavy atom. The number of carbonyl (C=O) groups is 3. The molecule has 4 aromatic rings. The molecule has 0 radical (unpaired) electrons. The minimum atomic E-state index is -0.656. The zero-order valence-electron chi connectivity index (χ0n) is 26.1. The zero-order valence-corrected chi connectivity index (χ0v) is 26.1. The predicted molar refractivity (Wildman–Crippen MR) is 176 cm³/mol. The lowest BCUT2D eigenvalue weighted by Gasteiger charge is -2.28. The summed E-state index contributed by atoms with van der Waals surface area (Å²) in [4.78, 5) is 45.2. The van der Waals surface area contributed by atoms with Crippen molar-refractivity contribution in [1.82, 2.24) is 10.3 Å². The number of rotatable bonds is 10. The third-order valence-corrected chi connectivity index (χ3v) is 8.31. The molecule has 5 N–H and O–H groups in total. The molecule has 1 aliphatic rings. The number of nitrogens with zero attached hydrogens (tertiary/aromatic N) is 1. The van der Waals surface area contributed by atoms with Gasteiger partial charge in [0.25, 0.3) is 11.8 Å². The van der Waals surface area contributed by atoms with Crippen LogP contribution in [-0.4, -0.2) is 41.8 Å². The van der Waals surface area contributed by atoms with E-state index in [9.17, 15) is 14.4 Å². The molecule has 5 rings (SSSR count). The second kappa shape index (κ2) is 13.6. The Balaban J connectivity index is 1.52. The van der Waals surface area contributed by atoms with Crippen LogP contribution in [0.15, 0.2) is 84.9 Å². The van der Waals surface area contributed by atoms with Crippen LogP contribution in [0.4, 0.5) is 5.69 Å². The van der Waals surface area contributed by atoms with E-state index in [-0.39, 0.29) is 46.9 Å². The summed E-state index contributed by atoms with van der Waals surface area (Å²) >= 11 is 0. The molecular weight excluding hydrogens is 582 g/mol. The molecule has 10 heteroatoms. The van der Waals surface area contributed by atoms with E-state index in [0.29, 0.717) is 27.9 Å². The van der Waals surface area contributed by atoms with Gasteiger partial charge in [-0.1, -0.05) is 56.7 Å². The number of hydrogen-bond acceptors (Lipinski definition) is 7. The minimum Gasteiger partial charge on any atom is -0.481 e. The lowest BCUT2D eigenvalue weighted by molar-refractivity contribution is 0.0473. The van der Waals surface area contributed by atoms with Gasteiger partial charge in [-0.05, 0) is 71.8 Å². The average molecular weight is 620 g/mol. The first kappa shape index (κ1) is 31.9. The Kier molecular flexibility index (Phi) is 9.46. The summed E-state index contributed by atoms with van der Waals surface area (Å²) in [5.41, 5.74) is 8.41. The molecule has 10 nitrogen and oxygen atoms in total. The number of carbonyl (C=O) groups excluding carboxylic acids is 3. The molecule has 46 heavy (non-hydrogen) atoms. The van der Waals surface area contributed by atoms with Gasteiger partial charge in [0.2, 0.25) is 5.88 Å². The first-order valence-corrected chi connectivity index (χ1v) is 15.0. The van der Waals surface area contributed by atoms with Crippen molar-refractivity contribution in [3.8, 4) is 17.0 Å². The number of ether oxygens (including phenoxy) is 2. The number of pyridine rings is 1. The molecule has 0 saturated heterocycles. The maximum atomic E-state index is 13.7. The lowest BCUT2D eigenvalue weighted by atomic mass is 9.87. The van der Waals surface area contributed by atoms with Crippen LogP contribution in [0.5, 0.6) is 5.88 Å². The first-order chi connectivity index (χ1) is 22.1. The van der Waals surface area contributed by atoms with Crippen molar-refractivity contribution >= 4 is 29.3 Å². The highest BCUT2D eigenvalue weighted by atomic mass is 16.5. The number of anilines is 1. The molecular formula is C36H37N5O5. The Morgan fingerprint density at radius 1 is 0.935 bits per heavy atom. The number of benzene rings is 3. The maximum absolute atomic E-state index is 13.7. The van der Waals surface area contributed by atoms with Crippen LogP contribution in [-0.2, 0) is 11.3 Å². The molecule has 1 aliphatic carbocycles. The third kappa shape index (κ3) is 7.23. The van der Waals surface area contributed by atoms with Gasteiger partial charge in [0.15, 0.2) is 0 Å². The van der Waals surface area contributed by atoms with Crippen molar-refractivity contribution in [2.24, 2.45) is 11.1 Å². The Morgan fingerprint density at radius 3 is 2.28 bits per heavy atom. The molecule has 2 amide bonds. The van der Waals surface area contributed by atoms with E-state index in [1.165, 1.54) is 13.2 Å². The summed E-state index contributed by atoms with van der Waals surface area (Å²) in [5.74, 6) is -1.40. The van der Waals surface area contributed by atoms with E-state index in [4.69, 9.17) is 20.6 Å². The molecule has 3 aromatic carbocycles. The van der Waals surface area contributed by atoms with E-state index < -0.39 is 11.9 Å². The summed E-state index contributed by atoms with van der Waals surface area (Å²) in [6.07, 6.45) is 2.94. The average Bonchev–Trinajstić information content (AvgIpc) is 3.40. The highest BCUT2D eigenvalue weighted by molar-refractivity contribution is 6.10. The number of methoxy groups -OCH3 is 1. The standard InChI is InChI=1S/C36H37N5O5/c1-36(2)19-7-10-29(36)40-33(42)24-13-16-26(28(20-24)35(44)46-21-22-8-5-4-6-9-22)27-17-18-30(45-3)41-31(27)34(43)39-25-14-11-23(12-15-25)32(37)38/h4-6,8-9,11-18,20,29H,7,10,19,21H2,1-3H3,(H3,37,38)(H,39,43)(H,40,42). The van der Waals surface area contributed by atoms with Crippen LogP contribution < -0.4 is 21.1 Å². The van der Waals surface area contributed by atoms with Crippen LogP contribution in [0.1, 0.15) is 75.4 Å². The van der Waals surface area contributed by atoms with Gasteiger partial charge in [0, 0.05) is 34.5 Å². The number of nitrogens with one attached hydrogen (secondary N) is 3. The molecule has 236 valence electrons. The van der Waals surface area contributed by atoms with E-state index in [0.717, 1.165) is 24.8 Å². The number of esters is 1. The Hall–Kier alpha value is -5.51. The van der Waals surface area contributed by atoms with E-state index in [1.54, 1.807) is 48.5 Å². The van der Waals surface area contributed by atoms with Crippen molar-refractivity contribution < 1.29 is 23.9 Å². The van der Waals surface area contributed by atoms with Crippen LogP contribution in [0.2, 0.25) is 0 Å². The summed E-state index contributed by atoms with van der Waals surface area (Å²) in [6.45, 7) is 4.30. The molecule has 0 spiro atoms. The largest absolute Gasteiger partial charge is 0.481 e. The van der Waals surface area contributed by atoms with Crippen molar-refractivity contribution in [1.29, 1.82) is 5.41 Å². The van der Waals surface area contributed by atoms with Gasteiger partial charge < -0.3 is 25.8 Å². The van der Waals surface area contributed by atoms with E-state index >= 15 is 0 Å². The second-order valence-corrected chi connectivity index (χ2v) is 11.9. The maximum Gasteiger partial charge on any atom is 0.339 e. The van der Waals surface area contributed by atoms with Crippen molar-refractivity contribution in [3.05, 3.63) is 113 Å². The topological polar surface area (TPSA) is 156 Å². The molecule has 0 bridgehead atoms. The van der Waals surface area contributed by atoms with Gasteiger partial charge >= 0.3 is 5.97 Å². The fourth-order valence-corrected chi connectivity index (χ4v) is 5.59. The van der Waals surface area contributed by atoms with Gasteiger partial charge in [-0.25, -0.2) is 9.78 Å². The van der Waals surface area contributed by atoms with Crippen LogP contribution in [0.3, 0.4) is 0 Å². The molecule has 1 unspecified atom stereocenters. The van der Waals surface area contributed by atoms with Crippen molar-refractivity contribution in [3.63, 3.8) is 0 Å². The number of amides is 2. The normalized spacial score (nSPS) is 15.1. The van der Waals surface area contributed by atoms with Crippen molar-refractivity contribution in [2.75, 3.05) is 12.4 Å². The van der Waals surface area contributed by atoms with Gasteiger partial charge in [-0.2, -0.15) is 0 Å². The Bertz CT molecular complexity index is 1770. The quantitative estimate of drug-likeness (QED) is 0.0969. The monoisotopic (exact) mass is 619 g/mol. The zero-order chi connectivity index (χ0) is 32.8. The lowest BCUT2D eigenvalue weighted by Crippen LogP contribution is -2.41. The SMILES string of the molecule is COc1ccc(-c2ccc(C(=O)NC3CCCC3(C)C)cc2C(=O)OCc2ccccc2)c(C(=O)Nc2ccc(C(=N)N)cc2)n1. The van der Waals surface area contributed by atoms with Crippen LogP contribution in [0, 0.1) is 10.8 Å². The van der Waals surface area contributed by atoms with Crippen LogP contribution in [0.25, 0.3) is 11.1 Å². The number of amidine groups is 1. The van der Waals surface area contributed by atoms with Gasteiger partial charge in [-0.3, -0.25) is 15.0 Å². The molecule has 1 fully saturated rings. The highest BCUT2D eigenvalue weighted by Gasteiger charge is 2.35. The summed E-state index contributed by atoms with van der Waals surface area (Å²) in [6, 6.07) is 23.8. The molecule has 0 aliphatic heterocycles. The summed E-state index contributed by atoms with van der Waals surface area (Å²) in [7, 11) is 1.44. The Labute approximate surface area is 267 Å². The number of nitrogen functional groups attached to an aromatic ring is 1. The molecule has 1 heterocycles. The molecule has 1 atom stereocenters. The highest BCUT2D eigenvalue weighted by Crippen LogP contribution is 2.37. The van der Waals surface area contributed by atoms with Gasteiger partial charge in [0.1, 0.15) is 18.1 Å². The smallest absolute Gasteiger partial charge is 0.339 e. The fraction of sp³-hybridized carbons (Fsp3) is 0.250. The van der Waals surface area contributed by atoms with Crippen LogP contribution >= 0.6 is 0 Å². The van der Waals surface area contributed by atoms with Gasteiger partial charge in [-0.15, -0.1) is 0 Å². The summed E-state index contributed by atoms with van der Waals surface area (Å²) < 4.78 is 11.0. The predicted octanol–water partition coefficient (Wildman–Crippen LogP) is 5.96. The van der Waals surface area contributed by atoms with E-state index in [2.05, 4.69) is 29.5 Å². The number of aromatic nitrogens is 1. The number of nitrogens with two attached hydrogens (primary N) is 1. The fourth-order valence-electron chi connectivity index (χ4n) is 5.59. The van der Waals surface area contributed by atoms with E-state index in [1.807, 2.05) is 30.3 Å². The van der Waals surface area contributed by atoms with Crippen molar-refractivity contribution in [2.45, 2.75) is 45.8 Å². The summed E-state index contributed by atoms with van der Waals surface area (Å²) in [5, 5.41) is 13.6. The minimum absolute atomic E-state index is 0.00277. The third-order valence-electron chi connectivity index (χ3n) is 8.31. The number of hydrogen-bond donors (Lipinski definition) is 4. The second-order valence-electron chi connectivity index (χ2n) is 11.9. The molecule has 1 aromatic heterocycles.